The predicted octanol–water partition coefficient (Wildman–Crippen LogP) is 1.84. The zero-order valence-corrected chi connectivity index (χ0v) is 7.03. The summed E-state index contributed by atoms with van der Waals surface area (Å²) in [5, 5.41) is 2.90. The summed E-state index contributed by atoms with van der Waals surface area (Å²) in [5.74, 6) is 0.828. The predicted molar refractivity (Wildman–Crippen MR) is 46.4 cm³/mol. The van der Waals surface area contributed by atoms with Gasteiger partial charge in [-0.3, -0.25) is 0 Å². The first-order valence-corrected chi connectivity index (χ1v) is 3.55. The highest BCUT2D eigenvalue weighted by molar-refractivity contribution is 7.72. The Morgan fingerprint density at radius 2 is 2.10 bits per heavy atom. The smallest absolute Gasteiger partial charge is 0.177 e. The first-order chi connectivity index (χ1) is 4.72. The first kappa shape index (κ1) is 7.43. The highest BCUT2D eigenvalue weighted by Crippen LogP contribution is 1.98. The molecule has 0 aromatic carbocycles. The van der Waals surface area contributed by atoms with Crippen LogP contribution in [-0.4, -0.2) is 17.0 Å². The van der Waals surface area contributed by atoms with Crippen LogP contribution < -0.4 is 5.32 Å². The molecule has 0 saturated carbocycles. The van der Waals surface area contributed by atoms with Crippen LogP contribution in [0.4, 0.5) is 5.82 Å². The SMILES string of the molecule is CNc1cc(=S)[nH]c(=S)[nH]1. The molecule has 1 aromatic rings. The van der Waals surface area contributed by atoms with Gasteiger partial charge in [0.2, 0.25) is 0 Å². The van der Waals surface area contributed by atoms with Gasteiger partial charge in [-0.25, -0.2) is 0 Å². The minimum Gasteiger partial charge on any atom is -0.375 e. The van der Waals surface area contributed by atoms with Crippen LogP contribution in [0.3, 0.4) is 0 Å². The maximum absolute atomic E-state index is 4.87. The highest BCUT2D eigenvalue weighted by atomic mass is 32.1. The Kier molecular flexibility index (Phi) is 2.18. The summed E-state index contributed by atoms with van der Waals surface area (Å²) in [7, 11) is 1.80. The molecule has 0 spiro atoms. The van der Waals surface area contributed by atoms with E-state index in [-0.39, 0.29) is 0 Å². The van der Waals surface area contributed by atoms with Crippen LogP contribution >= 0.6 is 24.4 Å². The van der Waals surface area contributed by atoms with Crippen LogP contribution in [0.5, 0.6) is 0 Å². The largest absolute Gasteiger partial charge is 0.375 e. The van der Waals surface area contributed by atoms with Gasteiger partial charge in [-0.2, -0.15) is 0 Å². The van der Waals surface area contributed by atoms with E-state index < -0.39 is 0 Å². The van der Waals surface area contributed by atoms with E-state index in [2.05, 4.69) is 15.3 Å². The maximum atomic E-state index is 4.87. The summed E-state index contributed by atoms with van der Waals surface area (Å²) in [4.78, 5) is 5.66. The number of hydrogen-bond donors (Lipinski definition) is 3. The summed E-state index contributed by atoms with van der Waals surface area (Å²) < 4.78 is 1.17. The van der Waals surface area contributed by atoms with Crippen molar-refractivity contribution in [3.8, 4) is 0 Å². The van der Waals surface area contributed by atoms with Crippen LogP contribution in [-0.2, 0) is 0 Å². The number of anilines is 1. The third-order valence-corrected chi connectivity index (χ3v) is 1.45. The zero-order chi connectivity index (χ0) is 7.56. The van der Waals surface area contributed by atoms with E-state index >= 15 is 0 Å². The van der Waals surface area contributed by atoms with Gasteiger partial charge >= 0.3 is 0 Å². The first-order valence-electron chi connectivity index (χ1n) is 2.74. The number of aromatic nitrogens is 2. The molecule has 3 nitrogen and oxygen atoms in total. The number of aromatic amines is 2. The number of hydrogen-bond acceptors (Lipinski definition) is 3. The van der Waals surface area contributed by atoms with E-state index in [0.29, 0.717) is 9.41 Å². The monoisotopic (exact) mass is 173 g/mol. The van der Waals surface area contributed by atoms with Crippen LogP contribution in [0.15, 0.2) is 6.07 Å². The molecule has 0 saturated heterocycles. The van der Waals surface area contributed by atoms with Gasteiger partial charge in [0.05, 0.1) is 0 Å². The van der Waals surface area contributed by atoms with Gasteiger partial charge in [-0.15, -0.1) is 0 Å². The van der Waals surface area contributed by atoms with Crippen LogP contribution in [0.1, 0.15) is 0 Å². The minimum atomic E-state index is 0.539. The number of H-pyrrole nitrogens is 2. The Balaban J connectivity index is 3.33. The summed E-state index contributed by atoms with van der Waals surface area (Å²) in [5.41, 5.74) is 0. The second-order valence-corrected chi connectivity index (χ2v) is 2.60. The third-order valence-electron chi connectivity index (χ3n) is 1.03. The van der Waals surface area contributed by atoms with Crippen molar-refractivity contribution in [1.82, 2.24) is 9.97 Å². The van der Waals surface area contributed by atoms with Crippen molar-refractivity contribution in [2.24, 2.45) is 0 Å². The molecule has 0 bridgehead atoms. The summed E-state index contributed by atoms with van der Waals surface area (Å²) >= 11 is 9.71. The second kappa shape index (κ2) is 2.94. The molecule has 54 valence electrons. The van der Waals surface area contributed by atoms with Gasteiger partial charge in [0.1, 0.15) is 10.5 Å². The fourth-order valence-electron chi connectivity index (χ4n) is 0.603. The van der Waals surface area contributed by atoms with Gasteiger partial charge in [0, 0.05) is 13.1 Å². The Morgan fingerprint density at radius 3 is 2.60 bits per heavy atom. The Hall–Kier alpha value is -0.680. The molecule has 10 heavy (non-hydrogen) atoms. The summed E-state index contributed by atoms with van der Waals surface area (Å²) in [6.45, 7) is 0. The van der Waals surface area contributed by atoms with Crippen molar-refractivity contribution in [3.63, 3.8) is 0 Å². The van der Waals surface area contributed by atoms with Crippen molar-refractivity contribution in [2.45, 2.75) is 0 Å². The summed E-state index contributed by atoms with van der Waals surface area (Å²) in [6, 6.07) is 1.77. The van der Waals surface area contributed by atoms with Gasteiger partial charge in [0.15, 0.2) is 4.77 Å². The Morgan fingerprint density at radius 1 is 1.40 bits per heavy atom. The van der Waals surface area contributed by atoms with Crippen molar-refractivity contribution in [1.29, 1.82) is 0 Å². The lowest BCUT2D eigenvalue weighted by molar-refractivity contribution is 1.11. The summed E-state index contributed by atoms with van der Waals surface area (Å²) in [6.07, 6.45) is 0. The molecular formula is C5H7N3S2. The standard InChI is InChI=1S/C5H7N3S2/c1-6-3-2-4(9)8-5(10)7-3/h2H,1H3,(H3,6,7,8,9,10). The lowest BCUT2D eigenvalue weighted by Crippen LogP contribution is -1.93. The highest BCUT2D eigenvalue weighted by Gasteiger charge is 1.85. The molecule has 1 aromatic heterocycles. The number of rotatable bonds is 1. The van der Waals surface area contributed by atoms with Crippen molar-refractivity contribution < 1.29 is 0 Å². The van der Waals surface area contributed by atoms with E-state index in [4.69, 9.17) is 24.4 Å². The Labute approximate surface area is 68.5 Å². The molecule has 0 aliphatic carbocycles. The topological polar surface area (TPSA) is 43.6 Å². The average Bonchev–Trinajstić information content (AvgIpc) is 1.85. The van der Waals surface area contributed by atoms with E-state index in [0.717, 1.165) is 5.82 Å². The van der Waals surface area contributed by atoms with E-state index in [1.54, 1.807) is 13.1 Å². The molecule has 3 N–H and O–H groups in total. The molecule has 0 amide bonds. The molecule has 0 aliphatic rings. The second-order valence-electron chi connectivity index (χ2n) is 1.75. The van der Waals surface area contributed by atoms with Crippen molar-refractivity contribution >= 4 is 30.3 Å². The molecule has 5 heteroatoms. The van der Waals surface area contributed by atoms with E-state index in [1.807, 2.05) is 0 Å². The molecular weight excluding hydrogens is 166 g/mol. The lowest BCUT2D eigenvalue weighted by atomic mass is 10.6. The van der Waals surface area contributed by atoms with E-state index in [9.17, 15) is 0 Å². The van der Waals surface area contributed by atoms with Gasteiger partial charge in [-0.05, 0) is 12.2 Å². The Bertz CT molecular complexity index is 296. The molecule has 1 rings (SSSR count). The third kappa shape index (κ3) is 1.65. The normalized spacial score (nSPS) is 9.30. The molecule has 0 fully saturated rings. The average molecular weight is 173 g/mol. The van der Waals surface area contributed by atoms with Crippen molar-refractivity contribution in [2.75, 3.05) is 12.4 Å². The van der Waals surface area contributed by atoms with E-state index in [1.165, 1.54) is 0 Å². The van der Waals surface area contributed by atoms with Crippen LogP contribution in [0, 0.1) is 9.41 Å². The fourth-order valence-corrected chi connectivity index (χ4v) is 1.11. The number of nitrogens with one attached hydrogen (secondary N) is 3. The molecule has 0 atom stereocenters. The van der Waals surface area contributed by atoms with Gasteiger partial charge in [0.25, 0.3) is 0 Å². The molecule has 1 heterocycles. The zero-order valence-electron chi connectivity index (χ0n) is 5.39. The van der Waals surface area contributed by atoms with Gasteiger partial charge in [-0.1, -0.05) is 12.2 Å². The minimum absolute atomic E-state index is 0.539. The van der Waals surface area contributed by atoms with Gasteiger partial charge < -0.3 is 15.3 Å². The van der Waals surface area contributed by atoms with Crippen LogP contribution in [0.2, 0.25) is 0 Å². The fraction of sp³-hybridized carbons (Fsp3) is 0.200. The molecule has 0 radical (unpaired) electrons. The van der Waals surface area contributed by atoms with Crippen molar-refractivity contribution in [3.05, 3.63) is 15.5 Å². The molecule has 0 unspecified atom stereocenters. The lowest BCUT2D eigenvalue weighted by Gasteiger charge is -1.97. The van der Waals surface area contributed by atoms with Crippen LogP contribution in [0.25, 0.3) is 0 Å². The molecule has 0 aliphatic heterocycles. The maximum Gasteiger partial charge on any atom is 0.177 e. The quantitative estimate of drug-likeness (QED) is 0.568.